The maximum Gasteiger partial charge on any atom is 0.308 e. The van der Waals surface area contributed by atoms with E-state index in [4.69, 9.17) is 5.11 Å². The summed E-state index contributed by atoms with van der Waals surface area (Å²) in [6.45, 7) is 6.39. The van der Waals surface area contributed by atoms with E-state index in [0.717, 1.165) is 4.88 Å². The molecule has 0 aromatic carbocycles. The molecule has 1 aromatic rings. The minimum Gasteiger partial charge on any atom is -0.481 e. The van der Waals surface area contributed by atoms with Crippen molar-refractivity contribution in [3.63, 3.8) is 0 Å². The molecule has 1 N–H and O–H groups in total. The van der Waals surface area contributed by atoms with Crippen LogP contribution in [0.5, 0.6) is 0 Å². The fourth-order valence-electron chi connectivity index (χ4n) is 1.03. The van der Waals surface area contributed by atoms with Crippen molar-refractivity contribution in [2.45, 2.75) is 32.6 Å². The van der Waals surface area contributed by atoms with Crippen LogP contribution in [-0.4, -0.2) is 11.1 Å². The van der Waals surface area contributed by atoms with Crippen LogP contribution in [0.15, 0.2) is 12.1 Å². The molecule has 0 amide bonds. The molecule has 0 atom stereocenters. The fourth-order valence-corrected chi connectivity index (χ4v) is 2.08. The summed E-state index contributed by atoms with van der Waals surface area (Å²) in [6.07, 6.45) is 0.140. The van der Waals surface area contributed by atoms with Crippen LogP contribution in [0.1, 0.15) is 30.5 Å². The number of carbonyl (C=O) groups is 1. The van der Waals surface area contributed by atoms with E-state index < -0.39 is 5.97 Å². The lowest BCUT2D eigenvalue weighted by molar-refractivity contribution is -0.136. The van der Waals surface area contributed by atoms with Crippen LogP contribution in [-0.2, 0) is 16.6 Å². The van der Waals surface area contributed by atoms with E-state index in [1.807, 2.05) is 12.1 Å². The van der Waals surface area contributed by atoms with Gasteiger partial charge in [-0.25, -0.2) is 0 Å². The monoisotopic (exact) mass is 198 g/mol. The Hall–Kier alpha value is -0.830. The first-order valence-electron chi connectivity index (χ1n) is 4.20. The number of hydrogen-bond donors (Lipinski definition) is 1. The van der Waals surface area contributed by atoms with Crippen molar-refractivity contribution in [1.29, 1.82) is 0 Å². The van der Waals surface area contributed by atoms with Crippen molar-refractivity contribution in [2.24, 2.45) is 0 Å². The molecule has 2 nitrogen and oxygen atoms in total. The van der Waals surface area contributed by atoms with Gasteiger partial charge in [0, 0.05) is 9.75 Å². The highest BCUT2D eigenvalue weighted by Crippen LogP contribution is 2.29. The number of aliphatic carboxylic acids is 1. The molecule has 0 bridgehead atoms. The first-order chi connectivity index (χ1) is 5.89. The lowest BCUT2D eigenvalue weighted by Gasteiger charge is -2.15. The van der Waals surface area contributed by atoms with Crippen LogP contribution in [0, 0.1) is 0 Å². The van der Waals surface area contributed by atoms with Gasteiger partial charge in [0.05, 0.1) is 6.42 Å². The van der Waals surface area contributed by atoms with E-state index in [0.29, 0.717) is 0 Å². The maximum atomic E-state index is 10.4. The molecule has 0 saturated heterocycles. The molecule has 72 valence electrons. The Bertz CT molecular complexity index is 307. The molecule has 0 saturated carbocycles. The number of carboxylic acids is 1. The molecule has 1 rings (SSSR count). The topological polar surface area (TPSA) is 37.3 Å². The Morgan fingerprint density at radius 2 is 2.08 bits per heavy atom. The highest BCUT2D eigenvalue weighted by molar-refractivity contribution is 7.12. The van der Waals surface area contributed by atoms with Crippen molar-refractivity contribution in [3.8, 4) is 0 Å². The summed E-state index contributed by atoms with van der Waals surface area (Å²) in [4.78, 5) is 12.6. The second-order valence-corrected chi connectivity index (χ2v) is 5.25. The third-order valence-electron chi connectivity index (χ3n) is 1.73. The summed E-state index contributed by atoms with van der Waals surface area (Å²) < 4.78 is 0. The van der Waals surface area contributed by atoms with E-state index in [-0.39, 0.29) is 11.8 Å². The zero-order chi connectivity index (χ0) is 10.1. The zero-order valence-corrected chi connectivity index (χ0v) is 8.94. The van der Waals surface area contributed by atoms with Crippen molar-refractivity contribution in [2.75, 3.05) is 0 Å². The molecule has 13 heavy (non-hydrogen) atoms. The molecule has 0 unspecified atom stereocenters. The van der Waals surface area contributed by atoms with E-state index in [2.05, 4.69) is 20.8 Å². The highest BCUT2D eigenvalue weighted by atomic mass is 32.1. The third-order valence-corrected chi connectivity index (χ3v) is 3.24. The lowest BCUT2D eigenvalue weighted by Crippen LogP contribution is -2.07. The van der Waals surface area contributed by atoms with Gasteiger partial charge in [-0.3, -0.25) is 4.79 Å². The summed E-state index contributed by atoms with van der Waals surface area (Å²) in [5.74, 6) is -0.762. The van der Waals surface area contributed by atoms with Gasteiger partial charge in [0.15, 0.2) is 0 Å². The van der Waals surface area contributed by atoms with Crippen LogP contribution in [0.25, 0.3) is 0 Å². The Labute approximate surface area is 82.2 Å². The lowest BCUT2D eigenvalue weighted by atomic mass is 9.95. The van der Waals surface area contributed by atoms with E-state index >= 15 is 0 Å². The molecule has 1 aromatic heterocycles. The van der Waals surface area contributed by atoms with Gasteiger partial charge in [-0.15, -0.1) is 11.3 Å². The predicted octanol–water partition coefficient (Wildman–Crippen LogP) is 2.67. The average molecular weight is 198 g/mol. The number of hydrogen-bond acceptors (Lipinski definition) is 2. The molecule has 0 aliphatic carbocycles. The third kappa shape index (κ3) is 2.84. The quantitative estimate of drug-likeness (QED) is 0.793. The van der Waals surface area contributed by atoms with E-state index in [9.17, 15) is 4.79 Å². The second-order valence-electron chi connectivity index (χ2n) is 4.09. The number of rotatable bonds is 2. The number of thiophene rings is 1. The smallest absolute Gasteiger partial charge is 0.308 e. The van der Waals surface area contributed by atoms with Crippen LogP contribution in [0.2, 0.25) is 0 Å². The van der Waals surface area contributed by atoms with Crippen molar-refractivity contribution in [1.82, 2.24) is 0 Å². The molecular formula is C10H14O2S. The molecule has 0 radical (unpaired) electrons. The normalized spacial score (nSPS) is 11.6. The predicted molar refractivity (Wildman–Crippen MR) is 54.4 cm³/mol. The van der Waals surface area contributed by atoms with E-state index in [1.54, 1.807) is 11.3 Å². The van der Waals surface area contributed by atoms with Gasteiger partial charge in [0.1, 0.15) is 0 Å². The Balaban J connectivity index is 2.81. The molecule has 3 heteroatoms. The van der Waals surface area contributed by atoms with Crippen molar-refractivity contribution in [3.05, 3.63) is 21.9 Å². The molecule has 0 aliphatic heterocycles. The molecule has 0 aliphatic rings. The molecule has 0 fully saturated rings. The summed E-state index contributed by atoms with van der Waals surface area (Å²) >= 11 is 1.59. The minimum atomic E-state index is -0.762. The van der Waals surface area contributed by atoms with Gasteiger partial charge < -0.3 is 5.11 Å². The Kier molecular flexibility index (Phi) is 2.76. The van der Waals surface area contributed by atoms with Crippen molar-refractivity contribution >= 4 is 17.3 Å². The van der Waals surface area contributed by atoms with Gasteiger partial charge in [0.25, 0.3) is 0 Å². The van der Waals surface area contributed by atoms with Crippen LogP contribution >= 0.6 is 11.3 Å². The van der Waals surface area contributed by atoms with Crippen LogP contribution < -0.4 is 0 Å². The van der Waals surface area contributed by atoms with Gasteiger partial charge in [-0.2, -0.15) is 0 Å². The number of carboxylic acid groups (broad SMARTS) is 1. The Morgan fingerprint density at radius 1 is 1.46 bits per heavy atom. The van der Waals surface area contributed by atoms with Gasteiger partial charge in [0.2, 0.25) is 0 Å². The molecule has 0 spiro atoms. The zero-order valence-electron chi connectivity index (χ0n) is 8.13. The highest BCUT2D eigenvalue weighted by Gasteiger charge is 2.16. The largest absolute Gasteiger partial charge is 0.481 e. The average Bonchev–Trinajstić information content (AvgIpc) is 2.32. The SMILES string of the molecule is CC(C)(C)c1ccc(CC(=O)O)s1. The van der Waals surface area contributed by atoms with Crippen molar-refractivity contribution < 1.29 is 9.90 Å². The summed E-state index contributed by atoms with van der Waals surface area (Å²) in [6, 6.07) is 3.92. The summed E-state index contributed by atoms with van der Waals surface area (Å²) in [7, 11) is 0. The summed E-state index contributed by atoms with van der Waals surface area (Å²) in [5.41, 5.74) is 0.126. The molecular weight excluding hydrogens is 184 g/mol. The van der Waals surface area contributed by atoms with Crippen LogP contribution in [0.4, 0.5) is 0 Å². The van der Waals surface area contributed by atoms with Gasteiger partial charge >= 0.3 is 5.97 Å². The maximum absolute atomic E-state index is 10.4. The fraction of sp³-hybridized carbons (Fsp3) is 0.500. The van der Waals surface area contributed by atoms with Crippen LogP contribution in [0.3, 0.4) is 0 Å². The van der Waals surface area contributed by atoms with Gasteiger partial charge in [-0.05, 0) is 17.5 Å². The molecule has 1 heterocycles. The second kappa shape index (κ2) is 3.50. The minimum absolute atomic E-state index is 0.126. The first kappa shape index (κ1) is 10.3. The van der Waals surface area contributed by atoms with E-state index in [1.165, 1.54) is 4.88 Å². The van der Waals surface area contributed by atoms with Gasteiger partial charge in [-0.1, -0.05) is 20.8 Å². The Morgan fingerprint density at radius 3 is 2.46 bits per heavy atom. The standard InChI is InChI=1S/C10H14O2S/c1-10(2,3)8-5-4-7(13-8)6-9(11)12/h4-5H,6H2,1-3H3,(H,11,12). The summed E-state index contributed by atoms with van der Waals surface area (Å²) in [5, 5.41) is 8.59. The first-order valence-corrected chi connectivity index (χ1v) is 5.02.